The molecule has 0 saturated heterocycles. The summed E-state index contributed by atoms with van der Waals surface area (Å²) in [6.45, 7) is 0. The molecule has 0 fully saturated rings. The minimum atomic E-state index is -3.88. The predicted octanol–water partition coefficient (Wildman–Crippen LogP) is 3.62. The Morgan fingerprint density at radius 1 is 1.20 bits per heavy atom. The fourth-order valence-electron chi connectivity index (χ4n) is 1.51. The lowest BCUT2D eigenvalue weighted by Gasteiger charge is -2.11. The van der Waals surface area contributed by atoms with E-state index in [4.69, 9.17) is 17.3 Å². The highest BCUT2D eigenvalue weighted by Crippen LogP contribution is 2.26. The van der Waals surface area contributed by atoms with Crippen LogP contribution < -0.4 is 10.5 Å². The normalized spacial score (nSPS) is 11.3. The minimum Gasteiger partial charge on any atom is -0.398 e. The van der Waals surface area contributed by atoms with Crippen LogP contribution in [0.1, 0.15) is 0 Å². The lowest BCUT2D eigenvalue weighted by atomic mass is 10.3. The first-order valence-electron chi connectivity index (χ1n) is 5.32. The molecule has 0 atom stereocenters. The zero-order valence-electron chi connectivity index (χ0n) is 9.90. The zero-order chi connectivity index (χ0) is 14.9. The van der Waals surface area contributed by atoms with Crippen LogP contribution in [0, 0.1) is 5.82 Å². The molecule has 0 aliphatic rings. The van der Waals surface area contributed by atoms with Gasteiger partial charge in [0.15, 0.2) is 0 Å². The fraction of sp³-hybridized carbons (Fsp3) is 0. The van der Waals surface area contributed by atoms with E-state index in [1.165, 1.54) is 24.3 Å². The molecule has 0 unspecified atom stereocenters. The van der Waals surface area contributed by atoms with Crippen LogP contribution in [0.15, 0.2) is 45.8 Å². The molecular weight excluding hydrogens is 371 g/mol. The highest BCUT2D eigenvalue weighted by atomic mass is 79.9. The van der Waals surface area contributed by atoms with Gasteiger partial charge in [-0.25, -0.2) is 12.8 Å². The van der Waals surface area contributed by atoms with Crippen LogP contribution in [0.25, 0.3) is 0 Å². The Bertz CT molecular complexity index is 768. The van der Waals surface area contributed by atoms with Gasteiger partial charge in [-0.1, -0.05) is 27.5 Å². The number of nitrogens with one attached hydrogen (secondary N) is 1. The van der Waals surface area contributed by atoms with Crippen LogP contribution in [-0.2, 0) is 10.0 Å². The van der Waals surface area contributed by atoms with Crippen molar-refractivity contribution in [1.82, 2.24) is 0 Å². The van der Waals surface area contributed by atoms with Gasteiger partial charge in [0.1, 0.15) is 10.7 Å². The van der Waals surface area contributed by atoms with Crippen molar-refractivity contribution in [3.8, 4) is 0 Å². The second-order valence-corrected chi connectivity index (χ2v) is 6.89. The van der Waals surface area contributed by atoms with Gasteiger partial charge in [-0.05, 0) is 36.4 Å². The lowest BCUT2D eigenvalue weighted by molar-refractivity contribution is 0.601. The monoisotopic (exact) mass is 378 g/mol. The van der Waals surface area contributed by atoms with Crippen LogP contribution in [0.3, 0.4) is 0 Å². The predicted molar refractivity (Wildman–Crippen MR) is 80.8 cm³/mol. The molecule has 2 aromatic rings. The molecule has 0 amide bonds. The summed E-state index contributed by atoms with van der Waals surface area (Å²) in [5.74, 6) is -0.628. The maximum absolute atomic E-state index is 13.0. The van der Waals surface area contributed by atoms with Crippen molar-refractivity contribution in [2.45, 2.75) is 4.90 Å². The Balaban J connectivity index is 2.40. The zero-order valence-corrected chi connectivity index (χ0v) is 13.1. The number of halogens is 3. The van der Waals surface area contributed by atoms with Gasteiger partial charge >= 0.3 is 0 Å². The number of hydrogen-bond acceptors (Lipinski definition) is 3. The van der Waals surface area contributed by atoms with Crippen LogP contribution >= 0.6 is 27.5 Å². The summed E-state index contributed by atoms with van der Waals surface area (Å²) in [4.78, 5) is -0.0766. The van der Waals surface area contributed by atoms with Crippen molar-refractivity contribution in [1.29, 1.82) is 0 Å². The molecule has 2 rings (SSSR count). The Hall–Kier alpha value is -1.31. The fourth-order valence-corrected chi connectivity index (χ4v) is 3.41. The molecule has 0 radical (unpaired) electrons. The van der Waals surface area contributed by atoms with Crippen molar-refractivity contribution < 1.29 is 12.8 Å². The topological polar surface area (TPSA) is 72.2 Å². The van der Waals surface area contributed by atoms with Crippen molar-refractivity contribution in [3.05, 3.63) is 51.7 Å². The smallest absolute Gasteiger partial charge is 0.263 e. The summed E-state index contributed by atoms with van der Waals surface area (Å²) in [5.41, 5.74) is 5.91. The first-order valence-corrected chi connectivity index (χ1v) is 7.98. The van der Waals surface area contributed by atoms with Crippen LogP contribution in [0.5, 0.6) is 0 Å². The maximum Gasteiger partial charge on any atom is 0.263 e. The number of hydrogen-bond donors (Lipinski definition) is 2. The van der Waals surface area contributed by atoms with Crippen LogP contribution in [0.4, 0.5) is 15.8 Å². The first kappa shape index (κ1) is 15.1. The Morgan fingerprint density at radius 3 is 2.55 bits per heavy atom. The van der Waals surface area contributed by atoms with Gasteiger partial charge in [0, 0.05) is 4.47 Å². The Morgan fingerprint density at radius 2 is 1.90 bits per heavy atom. The summed E-state index contributed by atoms with van der Waals surface area (Å²) >= 11 is 8.78. The van der Waals surface area contributed by atoms with E-state index in [2.05, 4.69) is 20.7 Å². The van der Waals surface area contributed by atoms with Gasteiger partial charge in [-0.15, -0.1) is 0 Å². The van der Waals surface area contributed by atoms with E-state index < -0.39 is 15.8 Å². The van der Waals surface area contributed by atoms with E-state index in [0.717, 1.165) is 6.07 Å². The van der Waals surface area contributed by atoms with Crippen LogP contribution in [-0.4, -0.2) is 8.42 Å². The third-order valence-corrected chi connectivity index (χ3v) is 4.66. The molecule has 8 heteroatoms. The summed E-state index contributed by atoms with van der Waals surface area (Å²) in [7, 11) is -3.88. The molecule has 3 N–H and O–H groups in total. The summed E-state index contributed by atoms with van der Waals surface area (Å²) in [6, 6.07) is 8.00. The molecular formula is C12H9BrClFN2O2S. The average Bonchev–Trinajstić information content (AvgIpc) is 2.36. The highest BCUT2D eigenvalue weighted by Gasteiger charge is 2.18. The Labute approximate surface area is 128 Å². The minimum absolute atomic E-state index is 0.0766. The number of sulfonamides is 1. The molecule has 0 heterocycles. The van der Waals surface area contributed by atoms with Gasteiger partial charge < -0.3 is 5.73 Å². The SMILES string of the molecule is Nc1ccc(Br)cc1S(=O)(=O)Nc1ccc(F)c(Cl)c1. The molecule has 0 aromatic heterocycles. The molecule has 106 valence electrons. The summed E-state index contributed by atoms with van der Waals surface area (Å²) < 4.78 is 40.3. The number of anilines is 2. The van der Waals surface area contributed by atoms with Gasteiger partial charge in [0.2, 0.25) is 0 Å². The second-order valence-electron chi connectivity index (χ2n) is 3.92. The quantitative estimate of drug-likeness (QED) is 0.800. The standard InChI is InChI=1S/C12H9BrClFN2O2S/c13-7-1-4-11(16)12(5-7)20(18,19)17-8-2-3-10(15)9(14)6-8/h1-6,17H,16H2. The molecule has 0 aliphatic carbocycles. The van der Waals surface area contributed by atoms with Crippen molar-refractivity contribution >= 4 is 48.9 Å². The van der Waals surface area contributed by atoms with E-state index in [9.17, 15) is 12.8 Å². The maximum atomic E-state index is 13.0. The van der Waals surface area contributed by atoms with Crippen molar-refractivity contribution in [2.24, 2.45) is 0 Å². The third kappa shape index (κ3) is 3.23. The summed E-state index contributed by atoms with van der Waals surface area (Å²) in [6.07, 6.45) is 0. The molecule has 0 spiro atoms. The molecule has 0 saturated carbocycles. The lowest BCUT2D eigenvalue weighted by Crippen LogP contribution is -2.14. The molecule has 0 aliphatic heterocycles. The highest BCUT2D eigenvalue weighted by molar-refractivity contribution is 9.10. The van der Waals surface area contributed by atoms with Gasteiger partial charge in [-0.3, -0.25) is 4.72 Å². The van der Waals surface area contributed by atoms with Gasteiger partial charge in [0.25, 0.3) is 10.0 Å². The second kappa shape index (κ2) is 5.59. The first-order chi connectivity index (χ1) is 9.29. The third-order valence-electron chi connectivity index (χ3n) is 2.44. The average molecular weight is 380 g/mol. The largest absolute Gasteiger partial charge is 0.398 e. The molecule has 2 aromatic carbocycles. The van der Waals surface area contributed by atoms with E-state index in [1.54, 1.807) is 6.07 Å². The number of benzene rings is 2. The number of rotatable bonds is 3. The van der Waals surface area contributed by atoms with Crippen molar-refractivity contribution in [3.63, 3.8) is 0 Å². The number of nitrogen functional groups attached to an aromatic ring is 1. The van der Waals surface area contributed by atoms with Gasteiger partial charge in [0.05, 0.1) is 16.4 Å². The Kier molecular flexibility index (Phi) is 4.22. The van der Waals surface area contributed by atoms with Crippen LogP contribution in [0.2, 0.25) is 5.02 Å². The van der Waals surface area contributed by atoms with Gasteiger partial charge in [-0.2, -0.15) is 0 Å². The molecule has 4 nitrogen and oxygen atoms in total. The van der Waals surface area contributed by atoms with E-state index in [1.807, 2.05) is 0 Å². The van der Waals surface area contributed by atoms with E-state index in [0.29, 0.717) is 4.47 Å². The van der Waals surface area contributed by atoms with Crippen molar-refractivity contribution in [2.75, 3.05) is 10.5 Å². The summed E-state index contributed by atoms with van der Waals surface area (Å²) in [5, 5.41) is -0.174. The molecule has 0 bridgehead atoms. The van der Waals surface area contributed by atoms with E-state index >= 15 is 0 Å². The van der Waals surface area contributed by atoms with E-state index in [-0.39, 0.29) is 21.3 Å². The molecule has 20 heavy (non-hydrogen) atoms. The number of nitrogens with two attached hydrogens (primary N) is 1.